The van der Waals surface area contributed by atoms with Crippen LogP contribution in [0.5, 0.6) is 5.75 Å². The summed E-state index contributed by atoms with van der Waals surface area (Å²) in [6.45, 7) is 21.2. The van der Waals surface area contributed by atoms with Gasteiger partial charge in [-0.15, -0.1) is 0 Å². The molecule has 2 aliphatic rings. The van der Waals surface area contributed by atoms with Crippen LogP contribution >= 0.6 is 0 Å². The first-order chi connectivity index (χ1) is 20.7. The largest absolute Gasteiger partial charge is 0.546 e. The molecule has 0 spiro atoms. The van der Waals surface area contributed by atoms with Crippen LogP contribution in [0.25, 0.3) is 0 Å². The van der Waals surface area contributed by atoms with Crippen LogP contribution in [0.3, 0.4) is 0 Å². The lowest BCUT2D eigenvalue weighted by atomic mass is 9.71. The summed E-state index contributed by atoms with van der Waals surface area (Å²) < 4.78 is 13.1. The van der Waals surface area contributed by atoms with E-state index in [4.69, 9.17) is 14.1 Å². The van der Waals surface area contributed by atoms with Crippen molar-refractivity contribution in [2.45, 2.75) is 123 Å². The molecule has 0 fully saturated rings. The van der Waals surface area contributed by atoms with E-state index in [0.717, 1.165) is 66.0 Å². The number of hydrogen-bond acceptors (Lipinski definition) is 4. The number of aliphatic hydroxyl groups is 1. The molecular weight excluding hydrogens is 559 g/mol. The zero-order valence-electron chi connectivity index (χ0n) is 28.5. The zero-order valence-corrected chi connectivity index (χ0v) is 29.5. The molecule has 1 heterocycles. The highest BCUT2D eigenvalue weighted by Gasteiger charge is 2.43. The third-order valence-electron chi connectivity index (χ3n) is 10.1. The summed E-state index contributed by atoms with van der Waals surface area (Å²) in [6.07, 6.45) is 6.62. The zero-order chi connectivity index (χ0) is 31.9. The SMILES string of the molecule is CC(C)c1nc2c(c([C@@H]3CCC=C3O[Si](C)(C)C(C)(C)C)c1[C@H](O)c1ccc(OCc3ccccc3)cc1)CCC(C)(C)C2. The fraction of sp³-hybridized carbons (Fsp3) is 0.513. The number of benzene rings is 2. The highest BCUT2D eigenvalue weighted by Crippen LogP contribution is 2.50. The van der Waals surface area contributed by atoms with E-state index in [-0.39, 0.29) is 22.3 Å². The number of aliphatic hydroxyl groups excluding tert-OH is 1. The molecule has 1 aromatic heterocycles. The van der Waals surface area contributed by atoms with Crippen molar-refractivity contribution in [1.29, 1.82) is 0 Å². The number of hydrogen-bond donors (Lipinski definition) is 1. The third-order valence-corrected chi connectivity index (χ3v) is 14.5. The summed E-state index contributed by atoms with van der Waals surface area (Å²) in [6, 6.07) is 18.2. The van der Waals surface area contributed by atoms with Gasteiger partial charge in [0.05, 0.1) is 5.76 Å². The van der Waals surface area contributed by atoms with Gasteiger partial charge in [0.2, 0.25) is 8.32 Å². The second kappa shape index (κ2) is 12.5. The maximum Gasteiger partial charge on any atom is 0.250 e. The second-order valence-electron chi connectivity index (χ2n) is 15.6. The molecule has 4 nitrogen and oxygen atoms in total. The number of aromatic nitrogens is 1. The molecule has 0 saturated heterocycles. The van der Waals surface area contributed by atoms with E-state index in [9.17, 15) is 5.11 Å². The lowest BCUT2D eigenvalue weighted by Gasteiger charge is -2.40. The lowest BCUT2D eigenvalue weighted by Crippen LogP contribution is -2.41. The van der Waals surface area contributed by atoms with Crippen molar-refractivity contribution in [3.63, 3.8) is 0 Å². The molecule has 44 heavy (non-hydrogen) atoms. The Labute approximate surface area is 267 Å². The quantitative estimate of drug-likeness (QED) is 0.245. The van der Waals surface area contributed by atoms with Crippen LogP contribution in [-0.2, 0) is 23.9 Å². The minimum Gasteiger partial charge on any atom is -0.546 e. The minimum absolute atomic E-state index is 0.110. The number of nitrogens with zero attached hydrogens (tertiary/aromatic N) is 1. The normalized spacial score (nSPS) is 19.0. The van der Waals surface area contributed by atoms with Gasteiger partial charge >= 0.3 is 0 Å². The van der Waals surface area contributed by atoms with Crippen molar-refractivity contribution in [3.8, 4) is 5.75 Å². The Bertz CT molecular complexity index is 1480. The fourth-order valence-electron chi connectivity index (χ4n) is 6.46. The monoisotopic (exact) mass is 611 g/mol. The van der Waals surface area contributed by atoms with Crippen molar-refractivity contribution >= 4 is 8.32 Å². The van der Waals surface area contributed by atoms with Gasteiger partial charge in [0, 0.05) is 22.9 Å². The van der Waals surface area contributed by atoms with Gasteiger partial charge in [0.25, 0.3) is 0 Å². The first-order valence-electron chi connectivity index (χ1n) is 16.6. The molecular formula is C39H53NO3Si. The average Bonchev–Trinajstić information content (AvgIpc) is 3.41. The molecule has 0 amide bonds. The van der Waals surface area contributed by atoms with Crippen molar-refractivity contribution in [2.75, 3.05) is 0 Å². The Kier molecular flexibility index (Phi) is 9.22. The first-order valence-corrected chi connectivity index (χ1v) is 19.5. The van der Waals surface area contributed by atoms with Crippen LogP contribution in [0.2, 0.25) is 18.1 Å². The summed E-state index contributed by atoms with van der Waals surface area (Å²) in [5.41, 5.74) is 8.08. The number of fused-ring (bicyclic) bond motifs is 1. The Balaban J connectivity index is 1.57. The smallest absolute Gasteiger partial charge is 0.250 e. The highest BCUT2D eigenvalue weighted by atomic mass is 28.4. The molecule has 1 N–H and O–H groups in total. The van der Waals surface area contributed by atoms with E-state index < -0.39 is 14.4 Å². The summed E-state index contributed by atoms with van der Waals surface area (Å²) in [5, 5.41) is 12.4. The molecule has 5 heteroatoms. The van der Waals surface area contributed by atoms with Crippen LogP contribution in [-0.4, -0.2) is 18.4 Å². The second-order valence-corrected chi connectivity index (χ2v) is 20.3. The summed E-state index contributed by atoms with van der Waals surface area (Å²) >= 11 is 0. The molecule has 0 aliphatic heterocycles. The van der Waals surface area contributed by atoms with Gasteiger partial charge in [-0.1, -0.05) is 90.9 Å². The van der Waals surface area contributed by atoms with E-state index in [0.29, 0.717) is 6.61 Å². The van der Waals surface area contributed by atoms with Gasteiger partial charge in [-0.25, -0.2) is 0 Å². The molecule has 0 bridgehead atoms. The van der Waals surface area contributed by atoms with Gasteiger partial charge in [0.15, 0.2) is 0 Å². The minimum atomic E-state index is -2.05. The highest BCUT2D eigenvalue weighted by molar-refractivity contribution is 6.74. The molecule has 0 radical (unpaired) electrons. The van der Waals surface area contributed by atoms with Crippen LogP contribution in [0, 0.1) is 5.41 Å². The van der Waals surface area contributed by atoms with Crippen LogP contribution in [0.15, 0.2) is 66.4 Å². The van der Waals surface area contributed by atoms with E-state index in [1.54, 1.807) is 0 Å². The number of allylic oxidation sites excluding steroid dienone is 2. The molecule has 2 aromatic carbocycles. The molecule has 2 atom stereocenters. The summed E-state index contributed by atoms with van der Waals surface area (Å²) in [4.78, 5) is 5.37. The average molecular weight is 612 g/mol. The number of rotatable bonds is 9. The number of ether oxygens (including phenoxy) is 1. The maximum atomic E-state index is 12.3. The van der Waals surface area contributed by atoms with Gasteiger partial charge < -0.3 is 14.3 Å². The van der Waals surface area contributed by atoms with E-state index in [1.165, 1.54) is 16.8 Å². The van der Waals surface area contributed by atoms with Gasteiger partial charge in [-0.3, -0.25) is 4.98 Å². The molecule has 0 saturated carbocycles. The van der Waals surface area contributed by atoms with Crippen molar-refractivity contribution < 1.29 is 14.3 Å². The van der Waals surface area contributed by atoms with Crippen LogP contribution in [0.4, 0.5) is 0 Å². The van der Waals surface area contributed by atoms with Crippen molar-refractivity contribution in [3.05, 3.63) is 106 Å². The van der Waals surface area contributed by atoms with Crippen molar-refractivity contribution in [1.82, 2.24) is 4.98 Å². The van der Waals surface area contributed by atoms with Crippen molar-refractivity contribution in [2.24, 2.45) is 5.41 Å². The fourth-order valence-corrected chi connectivity index (χ4v) is 7.58. The summed E-state index contributed by atoms with van der Waals surface area (Å²) in [5.74, 6) is 2.22. The third kappa shape index (κ3) is 6.84. The van der Waals surface area contributed by atoms with Gasteiger partial charge in [-0.2, -0.15) is 0 Å². The van der Waals surface area contributed by atoms with Gasteiger partial charge in [0.1, 0.15) is 18.5 Å². The Morgan fingerprint density at radius 3 is 2.34 bits per heavy atom. The van der Waals surface area contributed by atoms with Gasteiger partial charge in [-0.05, 0) is 102 Å². The van der Waals surface area contributed by atoms with E-state index in [1.807, 2.05) is 42.5 Å². The molecule has 236 valence electrons. The topological polar surface area (TPSA) is 51.6 Å². The molecule has 0 unspecified atom stereocenters. The molecule has 3 aromatic rings. The standard InChI is InChI=1S/C39H53NO3Si/c1-26(2)36-35(37(41)28-18-20-29(21-19-28)42-25-27-14-11-10-12-15-27)34(30-22-23-39(6,7)24-32(30)40-36)31-16-13-17-33(31)43-44(8,9)38(3,4)5/h10-12,14-15,17-21,26,31,37,41H,13,16,22-25H2,1-9H3/t31-,37-/m1/s1. The Morgan fingerprint density at radius 2 is 1.70 bits per heavy atom. The lowest BCUT2D eigenvalue weighted by molar-refractivity contribution is 0.214. The first kappa shape index (κ1) is 32.5. The van der Waals surface area contributed by atoms with E-state index >= 15 is 0 Å². The van der Waals surface area contributed by atoms with Crippen LogP contribution < -0.4 is 4.74 Å². The maximum absolute atomic E-state index is 12.3. The summed E-state index contributed by atoms with van der Waals surface area (Å²) in [7, 11) is -2.05. The predicted octanol–water partition coefficient (Wildman–Crippen LogP) is 10.2. The van der Waals surface area contributed by atoms with E-state index in [2.05, 4.69) is 79.8 Å². The molecule has 5 rings (SSSR count). The Morgan fingerprint density at radius 1 is 1.02 bits per heavy atom. The number of pyridine rings is 1. The molecule has 2 aliphatic carbocycles. The Hall–Kier alpha value is -2.89. The van der Waals surface area contributed by atoms with Crippen LogP contribution in [0.1, 0.15) is 125 Å². The predicted molar refractivity (Wildman–Crippen MR) is 184 cm³/mol.